The zero-order chi connectivity index (χ0) is 16.8. The van der Waals surface area contributed by atoms with E-state index in [1.165, 1.54) is 44.9 Å². The SMILES string of the molecule is CC.CC.CCC(C)CC(CC)CC1CCC(C)C(C)C1. The first-order valence-electron chi connectivity index (χ1n) is 10.1. The van der Waals surface area contributed by atoms with Gasteiger partial charge in [0.1, 0.15) is 0 Å². The Morgan fingerprint density at radius 2 is 1.43 bits per heavy atom. The standard InChI is InChI=1S/C17H34.2C2H6/c1-6-13(3)10-16(7-2)12-17-9-8-14(4)15(5)11-17;2*1-2/h13-17H,6-12H2,1-5H3;2*1-2H3. The second-order valence-corrected chi connectivity index (χ2v) is 6.89. The van der Waals surface area contributed by atoms with Gasteiger partial charge in [-0.2, -0.15) is 0 Å². The minimum Gasteiger partial charge on any atom is -0.0683 e. The topological polar surface area (TPSA) is 0 Å². The third-order valence-electron chi connectivity index (χ3n) is 5.38. The lowest BCUT2D eigenvalue weighted by atomic mass is 9.72. The molecule has 0 N–H and O–H groups in total. The monoisotopic (exact) mass is 298 g/mol. The van der Waals surface area contributed by atoms with Crippen LogP contribution in [0.1, 0.15) is 107 Å². The molecule has 130 valence electrons. The van der Waals surface area contributed by atoms with Crippen molar-refractivity contribution in [3.63, 3.8) is 0 Å². The Morgan fingerprint density at radius 1 is 0.857 bits per heavy atom. The van der Waals surface area contributed by atoms with Crippen LogP contribution in [0, 0.1) is 29.6 Å². The van der Waals surface area contributed by atoms with E-state index in [1.807, 2.05) is 27.7 Å². The quantitative estimate of drug-likeness (QED) is 0.466. The molecule has 0 heterocycles. The summed E-state index contributed by atoms with van der Waals surface area (Å²) in [6.07, 6.45) is 10.2. The van der Waals surface area contributed by atoms with E-state index in [2.05, 4.69) is 34.6 Å². The smallest absolute Gasteiger partial charge is 0.0409 e. The van der Waals surface area contributed by atoms with Crippen molar-refractivity contribution in [2.75, 3.05) is 0 Å². The Bertz CT molecular complexity index is 194. The molecule has 5 unspecified atom stereocenters. The maximum atomic E-state index is 2.46. The highest BCUT2D eigenvalue weighted by molar-refractivity contribution is 4.77. The van der Waals surface area contributed by atoms with Crippen LogP contribution in [-0.2, 0) is 0 Å². The second kappa shape index (κ2) is 14.9. The van der Waals surface area contributed by atoms with E-state index in [0.29, 0.717) is 0 Å². The van der Waals surface area contributed by atoms with Crippen LogP contribution >= 0.6 is 0 Å². The van der Waals surface area contributed by atoms with Crippen LogP contribution in [0.25, 0.3) is 0 Å². The molecule has 0 amide bonds. The molecule has 21 heavy (non-hydrogen) atoms. The third kappa shape index (κ3) is 10.4. The molecule has 0 heteroatoms. The largest absolute Gasteiger partial charge is 0.0683 e. The summed E-state index contributed by atoms with van der Waals surface area (Å²) in [5, 5.41) is 0. The van der Waals surface area contributed by atoms with Crippen molar-refractivity contribution in [1.82, 2.24) is 0 Å². The summed E-state index contributed by atoms with van der Waals surface area (Å²) in [4.78, 5) is 0. The van der Waals surface area contributed by atoms with Gasteiger partial charge < -0.3 is 0 Å². The van der Waals surface area contributed by atoms with Gasteiger partial charge in [-0.15, -0.1) is 0 Å². The number of hydrogen-bond acceptors (Lipinski definition) is 0. The van der Waals surface area contributed by atoms with Crippen LogP contribution in [0.15, 0.2) is 0 Å². The molecule has 0 aromatic heterocycles. The summed E-state index contributed by atoms with van der Waals surface area (Å²) >= 11 is 0. The molecule has 1 fully saturated rings. The third-order valence-corrected chi connectivity index (χ3v) is 5.38. The van der Waals surface area contributed by atoms with Gasteiger partial charge in [-0.05, 0) is 48.9 Å². The van der Waals surface area contributed by atoms with Crippen LogP contribution in [0.4, 0.5) is 0 Å². The zero-order valence-electron chi connectivity index (χ0n) is 16.8. The molecular weight excluding hydrogens is 252 g/mol. The Hall–Kier alpha value is 0. The first-order valence-corrected chi connectivity index (χ1v) is 10.1. The molecule has 1 saturated carbocycles. The molecule has 0 spiro atoms. The van der Waals surface area contributed by atoms with Gasteiger partial charge in [0.05, 0.1) is 0 Å². The Morgan fingerprint density at radius 3 is 1.86 bits per heavy atom. The summed E-state index contributed by atoms with van der Waals surface area (Å²) in [6, 6.07) is 0. The molecule has 0 aromatic rings. The summed E-state index contributed by atoms with van der Waals surface area (Å²) in [5.74, 6) is 4.90. The average molecular weight is 299 g/mol. The summed E-state index contributed by atoms with van der Waals surface area (Å²) in [6.45, 7) is 20.1. The second-order valence-electron chi connectivity index (χ2n) is 6.89. The van der Waals surface area contributed by atoms with Crippen molar-refractivity contribution in [2.24, 2.45) is 29.6 Å². The summed E-state index contributed by atoms with van der Waals surface area (Å²) in [5.41, 5.74) is 0. The molecule has 0 aromatic carbocycles. The molecule has 0 aliphatic heterocycles. The van der Waals surface area contributed by atoms with Crippen LogP contribution in [0.3, 0.4) is 0 Å². The van der Waals surface area contributed by atoms with Gasteiger partial charge in [-0.1, -0.05) is 88.0 Å². The van der Waals surface area contributed by atoms with Gasteiger partial charge >= 0.3 is 0 Å². The molecule has 1 aliphatic carbocycles. The van der Waals surface area contributed by atoms with Gasteiger partial charge in [-0.25, -0.2) is 0 Å². The van der Waals surface area contributed by atoms with Crippen LogP contribution in [0.5, 0.6) is 0 Å². The summed E-state index contributed by atoms with van der Waals surface area (Å²) < 4.78 is 0. The molecular formula is C21H46. The number of rotatable bonds is 6. The molecule has 0 bridgehead atoms. The van der Waals surface area contributed by atoms with E-state index in [1.54, 1.807) is 0 Å². The molecule has 0 radical (unpaired) electrons. The lowest BCUT2D eigenvalue weighted by Gasteiger charge is -2.34. The van der Waals surface area contributed by atoms with Crippen molar-refractivity contribution in [1.29, 1.82) is 0 Å². The van der Waals surface area contributed by atoms with Crippen molar-refractivity contribution in [2.45, 2.75) is 107 Å². The summed E-state index contributed by atoms with van der Waals surface area (Å²) in [7, 11) is 0. The van der Waals surface area contributed by atoms with Gasteiger partial charge in [0.2, 0.25) is 0 Å². The predicted molar refractivity (Wildman–Crippen MR) is 101 cm³/mol. The van der Waals surface area contributed by atoms with Crippen LogP contribution < -0.4 is 0 Å². The Balaban J connectivity index is 0. The van der Waals surface area contributed by atoms with Crippen molar-refractivity contribution >= 4 is 0 Å². The highest BCUT2D eigenvalue weighted by atomic mass is 14.3. The maximum Gasteiger partial charge on any atom is -0.0409 e. The highest BCUT2D eigenvalue weighted by Crippen LogP contribution is 2.38. The lowest BCUT2D eigenvalue weighted by Crippen LogP contribution is -2.23. The fourth-order valence-corrected chi connectivity index (χ4v) is 3.51. The first kappa shape index (κ1) is 23.3. The normalized spacial score (nSPS) is 27.6. The first-order chi connectivity index (χ1) is 10.1. The predicted octanol–water partition coefficient (Wildman–Crippen LogP) is 7.96. The molecule has 1 aliphatic rings. The van der Waals surface area contributed by atoms with Crippen molar-refractivity contribution < 1.29 is 0 Å². The fraction of sp³-hybridized carbons (Fsp3) is 1.00. The molecule has 5 atom stereocenters. The van der Waals surface area contributed by atoms with E-state index in [-0.39, 0.29) is 0 Å². The van der Waals surface area contributed by atoms with Crippen molar-refractivity contribution in [3.05, 3.63) is 0 Å². The van der Waals surface area contributed by atoms with Crippen LogP contribution in [0.2, 0.25) is 0 Å². The zero-order valence-corrected chi connectivity index (χ0v) is 16.8. The van der Waals surface area contributed by atoms with Gasteiger partial charge in [-0.3, -0.25) is 0 Å². The minimum absolute atomic E-state index is 0.930. The van der Waals surface area contributed by atoms with Crippen molar-refractivity contribution in [3.8, 4) is 0 Å². The lowest BCUT2D eigenvalue weighted by molar-refractivity contribution is 0.172. The van der Waals surface area contributed by atoms with E-state index >= 15 is 0 Å². The minimum atomic E-state index is 0.930. The molecule has 0 nitrogen and oxygen atoms in total. The Kier molecular flexibility index (Phi) is 16.5. The van der Waals surface area contributed by atoms with Crippen LogP contribution in [-0.4, -0.2) is 0 Å². The van der Waals surface area contributed by atoms with Gasteiger partial charge in [0.15, 0.2) is 0 Å². The number of hydrogen-bond donors (Lipinski definition) is 0. The Labute approximate surface area is 137 Å². The molecule has 1 rings (SSSR count). The van der Waals surface area contributed by atoms with E-state index in [4.69, 9.17) is 0 Å². The van der Waals surface area contributed by atoms with Gasteiger partial charge in [0.25, 0.3) is 0 Å². The van der Waals surface area contributed by atoms with E-state index in [0.717, 1.165) is 29.6 Å². The van der Waals surface area contributed by atoms with E-state index in [9.17, 15) is 0 Å². The average Bonchev–Trinajstić information content (AvgIpc) is 2.53. The fourth-order valence-electron chi connectivity index (χ4n) is 3.51. The van der Waals surface area contributed by atoms with Gasteiger partial charge in [0, 0.05) is 0 Å². The molecule has 0 saturated heterocycles. The highest BCUT2D eigenvalue weighted by Gasteiger charge is 2.26. The maximum absolute atomic E-state index is 2.46. The van der Waals surface area contributed by atoms with E-state index < -0.39 is 0 Å².